The SMILES string of the molecule is O=C(Nc1ccc(Cl)cc1[C@H](O)c1ccccc1)c1cnn2c1N[C@H](c1cccs1)C[C@@H]2C(F)(F)F. The van der Waals surface area contributed by atoms with Crippen LogP contribution in [0.4, 0.5) is 24.7 Å². The number of thiophene rings is 1. The number of amides is 1. The Labute approximate surface area is 213 Å². The molecule has 0 saturated carbocycles. The lowest BCUT2D eigenvalue weighted by atomic mass is 9.99. The number of anilines is 2. The van der Waals surface area contributed by atoms with Crippen molar-refractivity contribution in [1.82, 2.24) is 9.78 Å². The Hall–Kier alpha value is -3.34. The third kappa shape index (κ3) is 4.71. The van der Waals surface area contributed by atoms with Crippen molar-refractivity contribution in [3.63, 3.8) is 0 Å². The van der Waals surface area contributed by atoms with Crippen LogP contribution in [-0.4, -0.2) is 27.0 Å². The minimum Gasteiger partial charge on any atom is -0.384 e. The van der Waals surface area contributed by atoms with E-state index in [0.29, 0.717) is 16.1 Å². The summed E-state index contributed by atoms with van der Waals surface area (Å²) >= 11 is 7.49. The molecule has 1 aliphatic heterocycles. The fourth-order valence-electron chi connectivity index (χ4n) is 4.28. The predicted molar refractivity (Wildman–Crippen MR) is 133 cm³/mol. The van der Waals surface area contributed by atoms with E-state index in [1.54, 1.807) is 47.8 Å². The summed E-state index contributed by atoms with van der Waals surface area (Å²) < 4.78 is 42.5. The van der Waals surface area contributed by atoms with Crippen LogP contribution in [0.1, 0.15) is 51.0 Å². The largest absolute Gasteiger partial charge is 0.410 e. The van der Waals surface area contributed by atoms with Gasteiger partial charge in [-0.25, -0.2) is 4.68 Å². The summed E-state index contributed by atoms with van der Waals surface area (Å²) in [5.74, 6) is -0.682. The van der Waals surface area contributed by atoms with E-state index in [4.69, 9.17) is 11.6 Å². The highest BCUT2D eigenvalue weighted by atomic mass is 35.5. The highest BCUT2D eigenvalue weighted by Crippen LogP contribution is 2.45. The van der Waals surface area contributed by atoms with Crippen molar-refractivity contribution in [3.05, 3.63) is 98.8 Å². The van der Waals surface area contributed by atoms with Crippen molar-refractivity contribution in [2.75, 3.05) is 10.6 Å². The van der Waals surface area contributed by atoms with Crippen molar-refractivity contribution in [2.45, 2.75) is 30.8 Å². The lowest BCUT2D eigenvalue weighted by Gasteiger charge is -2.33. The molecule has 3 heterocycles. The average Bonchev–Trinajstić information content (AvgIpc) is 3.54. The number of halogens is 4. The Morgan fingerprint density at radius 3 is 2.67 bits per heavy atom. The van der Waals surface area contributed by atoms with E-state index in [9.17, 15) is 23.1 Å². The zero-order valence-corrected chi connectivity index (χ0v) is 20.1. The maximum atomic E-state index is 13.9. The maximum absolute atomic E-state index is 13.9. The van der Waals surface area contributed by atoms with Gasteiger partial charge in [-0.3, -0.25) is 4.79 Å². The molecule has 2 aromatic carbocycles. The van der Waals surface area contributed by atoms with E-state index in [0.717, 1.165) is 15.8 Å². The quantitative estimate of drug-likeness (QED) is 0.271. The van der Waals surface area contributed by atoms with Crippen LogP contribution in [-0.2, 0) is 0 Å². The first-order valence-corrected chi connectivity index (χ1v) is 12.3. The lowest BCUT2D eigenvalue weighted by Crippen LogP contribution is -2.36. The summed E-state index contributed by atoms with van der Waals surface area (Å²) in [7, 11) is 0. The number of aliphatic hydroxyl groups excluding tert-OH is 1. The molecule has 36 heavy (non-hydrogen) atoms. The molecule has 0 bridgehead atoms. The summed E-state index contributed by atoms with van der Waals surface area (Å²) in [6, 6.07) is 14.5. The van der Waals surface area contributed by atoms with E-state index in [-0.39, 0.29) is 23.5 Å². The number of hydrogen-bond acceptors (Lipinski definition) is 5. The number of carbonyl (C=O) groups excluding carboxylic acids is 1. The highest BCUT2D eigenvalue weighted by molar-refractivity contribution is 7.10. The first kappa shape index (κ1) is 24.4. The van der Waals surface area contributed by atoms with Gasteiger partial charge < -0.3 is 15.7 Å². The molecule has 6 nitrogen and oxygen atoms in total. The van der Waals surface area contributed by atoms with Crippen LogP contribution in [0.15, 0.2) is 72.2 Å². The van der Waals surface area contributed by atoms with Gasteiger partial charge in [-0.05, 0) is 35.2 Å². The molecule has 2 aromatic heterocycles. The molecular formula is C25H20ClF3N4O2S. The molecular weight excluding hydrogens is 513 g/mol. The maximum Gasteiger partial charge on any atom is 0.410 e. The molecule has 0 fully saturated rings. The van der Waals surface area contributed by atoms with Gasteiger partial charge in [-0.2, -0.15) is 18.3 Å². The lowest BCUT2D eigenvalue weighted by molar-refractivity contribution is -0.173. The van der Waals surface area contributed by atoms with E-state index in [2.05, 4.69) is 15.7 Å². The molecule has 0 saturated heterocycles. The molecule has 1 amide bonds. The molecule has 4 aromatic rings. The summed E-state index contributed by atoms with van der Waals surface area (Å²) in [6.45, 7) is 0. The van der Waals surface area contributed by atoms with Crippen molar-refractivity contribution >= 4 is 40.4 Å². The second-order valence-electron chi connectivity index (χ2n) is 8.36. The summed E-state index contributed by atoms with van der Waals surface area (Å²) in [5.41, 5.74) is 1.17. The molecule has 3 N–H and O–H groups in total. The standard InChI is InChI=1S/C25H20ClF3N4O2S/c26-15-8-9-18(16(11-15)22(34)14-5-2-1-3-6-14)32-24(35)17-13-30-33-21(25(27,28)29)12-19(31-23(17)33)20-7-4-10-36-20/h1-11,13,19,21-22,31,34H,12H2,(H,32,35)/t19-,21+,22+/m0/s1. The number of alkyl halides is 3. The van der Waals surface area contributed by atoms with Crippen LogP contribution in [0.5, 0.6) is 0 Å². The van der Waals surface area contributed by atoms with E-state index in [1.807, 2.05) is 6.07 Å². The van der Waals surface area contributed by atoms with Gasteiger partial charge in [0.15, 0.2) is 6.04 Å². The first-order chi connectivity index (χ1) is 17.2. The van der Waals surface area contributed by atoms with Gasteiger partial charge in [0.25, 0.3) is 5.91 Å². The molecule has 3 atom stereocenters. The van der Waals surface area contributed by atoms with Gasteiger partial charge in [0.2, 0.25) is 0 Å². The monoisotopic (exact) mass is 532 g/mol. The Balaban J connectivity index is 1.48. The zero-order chi connectivity index (χ0) is 25.4. The Morgan fingerprint density at radius 1 is 1.19 bits per heavy atom. The van der Waals surface area contributed by atoms with Gasteiger partial charge in [0.1, 0.15) is 17.5 Å². The number of hydrogen-bond donors (Lipinski definition) is 3. The molecule has 0 aliphatic carbocycles. The average molecular weight is 533 g/mol. The summed E-state index contributed by atoms with van der Waals surface area (Å²) in [4.78, 5) is 14.0. The van der Waals surface area contributed by atoms with Gasteiger partial charge in [0, 0.05) is 27.6 Å². The summed E-state index contributed by atoms with van der Waals surface area (Å²) in [5, 5.41) is 22.8. The van der Waals surface area contributed by atoms with Crippen molar-refractivity contribution in [1.29, 1.82) is 0 Å². The number of aromatic nitrogens is 2. The summed E-state index contributed by atoms with van der Waals surface area (Å²) in [6.07, 6.45) is -4.76. The molecule has 0 unspecified atom stereocenters. The van der Waals surface area contributed by atoms with E-state index in [1.165, 1.54) is 23.5 Å². The molecule has 5 rings (SSSR count). The van der Waals surface area contributed by atoms with Gasteiger partial charge in [0.05, 0.1) is 12.2 Å². The molecule has 0 radical (unpaired) electrons. The number of fused-ring (bicyclic) bond motifs is 1. The number of aliphatic hydroxyl groups is 1. The topological polar surface area (TPSA) is 79.2 Å². The minimum atomic E-state index is -4.55. The van der Waals surface area contributed by atoms with Crippen molar-refractivity contribution in [3.8, 4) is 0 Å². The third-order valence-electron chi connectivity index (χ3n) is 6.04. The van der Waals surface area contributed by atoms with Crippen LogP contribution < -0.4 is 10.6 Å². The van der Waals surface area contributed by atoms with Crippen LogP contribution in [0, 0.1) is 0 Å². The van der Waals surface area contributed by atoms with Crippen molar-refractivity contribution < 1.29 is 23.1 Å². The second kappa shape index (κ2) is 9.61. The molecule has 1 aliphatic rings. The van der Waals surface area contributed by atoms with E-state index < -0.39 is 30.3 Å². The Bertz CT molecular complexity index is 1380. The normalized spacial score (nSPS) is 18.2. The fourth-order valence-corrected chi connectivity index (χ4v) is 5.25. The van der Waals surface area contributed by atoms with Crippen LogP contribution in [0.2, 0.25) is 5.02 Å². The Kier molecular flexibility index (Phi) is 6.50. The molecule has 0 spiro atoms. The number of nitrogens with zero attached hydrogens (tertiary/aromatic N) is 2. The zero-order valence-electron chi connectivity index (χ0n) is 18.5. The van der Waals surface area contributed by atoms with Crippen LogP contribution in [0.25, 0.3) is 0 Å². The highest BCUT2D eigenvalue weighted by Gasteiger charge is 2.47. The Morgan fingerprint density at radius 2 is 1.97 bits per heavy atom. The molecule has 186 valence electrons. The number of carbonyl (C=O) groups is 1. The number of nitrogens with one attached hydrogen (secondary N) is 2. The van der Waals surface area contributed by atoms with E-state index >= 15 is 0 Å². The number of benzene rings is 2. The van der Waals surface area contributed by atoms with Crippen molar-refractivity contribution in [2.24, 2.45) is 0 Å². The number of rotatable bonds is 5. The molecule has 11 heteroatoms. The third-order valence-corrected chi connectivity index (χ3v) is 7.26. The minimum absolute atomic E-state index is 0.0152. The second-order valence-corrected chi connectivity index (χ2v) is 9.77. The van der Waals surface area contributed by atoms with Gasteiger partial charge in [-0.1, -0.05) is 48.0 Å². The van der Waals surface area contributed by atoms with Gasteiger partial charge >= 0.3 is 6.18 Å². The van der Waals surface area contributed by atoms with Gasteiger partial charge in [-0.15, -0.1) is 11.3 Å². The van der Waals surface area contributed by atoms with Crippen LogP contribution >= 0.6 is 22.9 Å². The fraction of sp³-hybridized carbons (Fsp3) is 0.200. The smallest absolute Gasteiger partial charge is 0.384 e. The predicted octanol–water partition coefficient (Wildman–Crippen LogP) is 6.59. The first-order valence-electron chi connectivity index (χ1n) is 11.0. The van der Waals surface area contributed by atoms with Crippen LogP contribution in [0.3, 0.4) is 0 Å².